The van der Waals surface area contributed by atoms with Gasteiger partial charge in [0.15, 0.2) is 6.10 Å². The lowest BCUT2D eigenvalue weighted by Gasteiger charge is -2.31. The van der Waals surface area contributed by atoms with E-state index in [1.54, 1.807) is 4.90 Å². The number of thiazole rings is 1. The zero-order valence-corrected chi connectivity index (χ0v) is 21.1. The summed E-state index contributed by atoms with van der Waals surface area (Å²) in [5.74, 6) is -1.35. The van der Waals surface area contributed by atoms with Crippen LogP contribution < -0.4 is 5.56 Å². The van der Waals surface area contributed by atoms with Crippen LogP contribution in [0.4, 0.5) is 8.78 Å². The van der Waals surface area contributed by atoms with Crippen LogP contribution in [0.1, 0.15) is 47.5 Å². The van der Waals surface area contributed by atoms with E-state index in [1.165, 1.54) is 46.4 Å². The van der Waals surface area contributed by atoms with Gasteiger partial charge in [0, 0.05) is 37.0 Å². The highest BCUT2D eigenvalue weighted by molar-refractivity contribution is 7.10. The topological polar surface area (TPSA) is 76.8 Å². The molecule has 2 aliphatic heterocycles. The number of aromatic nitrogens is 2. The molecule has 0 N–H and O–H groups in total. The van der Waals surface area contributed by atoms with Crippen molar-refractivity contribution in [1.29, 1.82) is 0 Å². The van der Waals surface area contributed by atoms with Crippen LogP contribution in [0.25, 0.3) is 0 Å². The standard InChI is InChI=1S/C24H20Cl2F2N4O3S/c25-14-8-15(26)24(34)32(10-14)11-21(33)31-6-4-13(5-7-31)23-29-19(12-36-23)18-9-20(35-30-18)22-16(27)2-1-3-17(22)28/h1-3,8,10,12-13,20H,4-7,9,11H2. The van der Waals surface area contributed by atoms with Gasteiger partial charge in [-0.1, -0.05) is 34.4 Å². The van der Waals surface area contributed by atoms with Gasteiger partial charge in [0.05, 0.1) is 21.3 Å². The van der Waals surface area contributed by atoms with Crippen molar-refractivity contribution < 1.29 is 18.4 Å². The van der Waals surface area contributed by atoms with Crippen LogP contribution >= 0.6 is 34.5 Å². The third kappa shape index (κ3) is 5.02. The van der Waals surface area contributed by atoms with Crippen LogP contribution in [0, 0.1) is 11.6 Å². The van der Waals surface area contributed by atoms with Crippen molar-refractivity contribution in [3.05, 3.63) is 84.1 Å². The van der Waals surface area contributed by atoms with Gasteiger partial charge in [-0.15, -0.1) is 11.3 Å². The van der Waals surface area contributed by atoms with Gasteiger partial charge in [0.2, 0.25) is 5.91 Å². The summed E-state index contributed by atoms with van der Waals surface area (Å²) >= 11 is 13.3. The summed E-state index contributed by atoms with van der Waals surface area (Å²) in [6.07, 6.45) is 2.23. The summed E-state index contributed by atoms with van der Waals surface area (Å²) in [6, 6.07) is 5.05. The molecule has 7 nitrogen and oxygen atoms in total. The number of hydrogen-bond acceptors (Lipinski definition) is 6. The maximum absolute atomic E-state index is 14.1. The molecule has 36 heavy (non-hydrogen) atoms. The normalized spacial score (nSPS) is 18.3. The molecule has 188 valence electrons. The van der Waals surface area contributed by atoms with Crippen molar-refractivity contribution in [3.8, 4) is 0 Å². The zero-order chi connectivity index (χ0) is 25.4. The lowest BCUT2D eigenvalue weighted by molar-refractivity contribution is -0.132. The third-order valence-corrected chi connectivity index (χ3v) is 7.80. The molecule has 2 aliphatic rings. The van der Waals surface area contributed by atoms with Crippen molar-refractivity contribution in [2.75, 3.05) is 13.1 Å². The van der Waals surface area contributed by atoms with Crippen LogP contribution in [0.2, 0.25) is 10.0 Å². The Labute approximate surface area is 218 Å². The van der Waals surface area contributed by atoms with E-state index >= 15 is 0 Å². The summed E-state index contributed by atoms with van der Waals surface area (Å²) < 4.78 is 29.4. The van der Waals surface area contributed by atoms with Crippen LogP contribution in [0.15, 0.2) is 45.8 Å². The third-order valence-electron chi connectivity index (χ3n) is 6.32. The van der Waals surface area contributed by atoms with Crippen LogP contribution in [0.3, 0.4) is 0 Å². The monoisotopic (exact) mass is 552 g/mol. The maximum Gasteiger partial charge on any atom is 0.269 e. The Balaban J connectivity index is 1.18. The Morgan fingerprint density at radius 3 is 2.64 bits per heavy atom. The number of rotatable bonds is 5. The Hall–Kier alpha value is -2.82. The predicted octanol–water partition coefficient (Wildman–Crippen LogP) is 5.16. The fourth-order valence-corrected chi connectivity index (χ4v) is 5.92. The van der Waals surface area contributed by atoms with Gasteiger partial charge in [-0.05, 0) is 31.0 Å². The number of pyridine rings is 1. The largest absolute Gasteiger partial charge is 0.387 e. The summed E-state index contributed by atoms with van der Waals surface area (Å²) in [5.41, 5.74) is 0.581. The molecule has 1 atom stereocenters. The Bertz CT molecular complexity index is 1380. The Kier molecular flexibility index (Phi) is 7.09. The molecule has 0 saturated carbocycles. The molecule has 4 heterocycles. The van der Waals surface area contributed by atoms with Gasteiger partial charge in [-0.3, -0.25) is 9.59 Å². The van der Waals surface area contributed by atoms with E-state index in [9.17, 15) is 18.4 Å². The van der Waals surface area contributed by atoms with Gasteiger partial charge in [0.25, 0.3) is 5.56 Å². The molecule has 1 fully saturated rings. The molecule has 0 radical (unpaired) electrons. The Morgan fingerprint density at radius 1 is 1.19 bits per heavy atom. The molecule has 1 unspecified atom stereocenters. The predicted molar refractivity (Wildman–Crippen MR) is 133 cm³/mol. The van der Waals surface area contributed by atoms with Gasteiger partial charge in [0.1, 0.15) is 28.9 Å². The minimum absolute atomic E-state index is 0.0313. The van der Waals surface area contributed by atoms with E-state index in [1.807, 2.05) is 5.38 Å². The van der Waals surface area contributed by atoms with Crippen molar-refractivity contribution in [1.82, 2.24) is 14.5 Å². The quantitative estimate of drug-likeness (QED) is 0.438. The van der Waals surface area contributed by atoms with Gasteiger partial charge < -0.3 is 14.3 Å². The van der Waals surface area contributed by atoms with Crippen LogP contribution in [0.5, 0.6) is 0 Å². The molecule has 0 aliphatic carbocycles. The molecule has 1 saturated heterocycles. The van der Waals surface area contributed by atoms with E-state index in [2.05, 4.69) is 5.16 Å². The first-order valence-corrected chi connectivity index (χ1v) is 12.9. The molecule has 3 aromatic rings. The molecule has 1 amide bonds. The van der Waals surface area contributed by atoms with Crippen molar-refractivity contribution >= 4 is 46.2 Å². The molecule has 0 bridgehead atoms. The fraction of sp³-hybridized carbons (Fsp3) is 0.333. The summed E-state index contributed by atoms with van der Waals surface area (Å²) in [5, 5.41) is 7.06. The van der Waals surface area contributed by atoms with E-state index in [-0.39, 0.29) is 40.4 Å². The first kappa shape index (κ1) is 24.9. The second-order valence-electron chi connectivity index (χ2n) is 8.64. The summed E-state index contributed by atoms with van der Waals surface area (Å²) in [7, 11) is 0. The molecule has 0 spiro atoms. The molecule has 5 rings (SSSR count). The van der Waals surface area contributed by atoms with Crippen LogP contribution in [-0.2, 0) is 16.2 Å². The number of carbonyl (C=O) groups excluding carboxylic acids is 1. The van der Waals surface area contributed by atoms with Crippen molar-refractivity contribution in [2.45, 2.75) is 37.8 Å². The van der Waals surface area contributed by atoms with Gasteiger partial charge in [-0.2, -0.15) is 0 Å². The number of amides is 1. The number of likely N-dealkylation sites (tertiary alicyclic amines) is 1. The van der Waals surface area contributed by atoms with Crippen LogP contribution in [-0.4, -0.2) is 39.2 Å². The van der Waals surface area contributed by atoms with E-state index in [0.29, 0.717) is 24.5 Å². The minimum atomic E-state index is -0.831. The summed E-state index contributed by atoms with van der Waals surface area (Å²) in [4.78, 5) is 36.6. The van der Waals surface area contributed by atoms with Gasteiger partial charge in [-0.25, -0.2) is 13.8 Å². The second-order valence-corrected chi connectivity index (χ2v) is 10.4. The number of oxime groups is 1. The smallest absolute Gasteiger partial charge is 0.269 e. The highest BCUT2D eigenvalue weighted by Gasteiger charge is 2.31. The van der Waals surface area contributed by atoms with E-state index in [0.717, 1.165) is 17.8 Å². The highest BCUT2D eigenvalue weighted by Crippen LogP contribution is 2.35. The van der Waals surface area contributed by atoms with Crippen molar-refractivity contribution in [2.24, 2.45) is 5.16 Å². The average molecular weight is 553 g/mol. The highest BCUT2D eigenvalue weighted by atomic mass is 35.5. The maximum atomic E-state index is 14.1. The lowest BCUT2D eigenvalue weighted by Crippen LogP contribution is -2.41. The second kappa shape index (κ2) is 10.3. The molecule has 1 aromatic carbocycles. The number of halogens is 4. The number of piperidine rings is 1. The SMILES string of the molecule is O=C(Cn1cc(Cl)cc(Cl)c1=O)N1CCC(c2nc(C3=NOC(c4c(F)cccc4F)C3)cs2)CC1. The summed E-state index contributed by atoms with van der Waals surface area (Å²) in [6.45, 7) is 0.926. The lowest BCUT2D eigenvalue weighted by atomic mass is 9.97. The Morgan fingerprint density at radius 2 is 1.92 bits per heavy atom. The van der Waals surface area contributed by atoms with Gasteiger partial charge >= 0.3 is 0 Å². The molecular weight excluding hydrogens is 533 g/mol. The molecule has 12 heteroatoms. The van der Waals surface area contributed by atoms with E-state index in [4.69, 9.17) is 33.0 Å². The van der Waals surface area contributed by atoms with Crippen molar-refractivity contribution in [3.63, 3.8) is 0 Å². The average Bonchev–Trinajstić information content (AvgIpc) is 3.52. The number of hydrogen-bond donors (Lipinski definition) is 0. The first-order valence-electron chi connectivity index (χ1n) is 11.3. The molecule has 2 aromatic heterocycles. The first-order chi connectivity index (χ1) is 17.3. The minimum Gasteiger partial charge on any atom is -0.387 e. The van der Waals surface area contributed by atoms with E-state index < -0.39 is 23.3 Å². The number of nitrogens with zero attached hydrogens (tertiary/aromatic N) is 4. The number of carbonyl (C=O) groups is 1. The fourth-order valence-electron chi connectivity index (χ4n) is 4.41. The number of benzene rings is 1. The zero-order valence-electron chi connectivity index (χ0n) is 18.8. The molecular formula is C24H20Cl2F2N4O3S.